The molecule has 0 bridgehead atoms. The van der Waals surface area contributed by atoms with Crippen LogP contribution in [-0.4, -0.2) is 17.5 Å². The molecule has 1 aliphatic carbocycles. The molecule has 4 nitrogen and oxygen atoms in total. The number of anilines is 1. The monoisotopic (exact) mass is 438 g/mol. The first-order chi connectivity index (χ1) is 14.2. The fourth-order valence-corrected chi connectivity index (χ4v) is 4.63. The van der Waals surface area contributed by atoms with Gasteiger partial charge in [-0.1, -0.05) is 24.6 Å². The van der Waals surface area contributed by atoms with Crippen molar-refractivity contribution in [3.8, 4) is 5.88 Å². The number of aromatic nitrogens is 1. The number of benzene rings is 1. The number of halogens is 4. The zero-order chi connectivity index (χ0) is 21.5. The molecule has 1 spiro atoms. The number of alkyl halides is 3. The second-order valence-corrected chi connectivity index (χ2v) is 8.67. The van der Waals surface area contributed by atoms with Crippen molar-refractivity contribution in [3.63, 3.8) is 0 Å². The Morgan fingerprint density at radius 1 is 1.20 bits per heavy atom. The molecule has 30 heavy (non-hydrogen) atoms. The first-order valence-electron chi connectivity index (χ1n) is 9.96. The van der Waals surface area contributed by atoms with E-state index in [1.165, 1.54) is 6.07 Å². The van der Waals surface area contributed by atoms with Gasteiger partial charge in [0.1, 0.15) is 5.69 Å². The molecule has 2 aromatic rings. The largest absolute Gasteiger partial charge is 0.476 e. The summed E-state index contributed by atoms with van der Waals surface area (Å²) in [6.07, 6.45) is -1.36. The highest BCUT2D eigenvalue weighted by Gasteiger charge is 2.46. The maximum Gasteiger partial charge on any atom is 0.433 e. The second kappa shape index (κ2) is 7.76. The van der Waals surface area contributed by atoms with Crippen molar-refractivity contribution in [3.05, 3.63) is 52.7 Å². The lowest BCUT2D eigenvalue weighted by Crippen LogP contribution is -2.37. The molecule has 0 radical (unpaired) electrons. The number of rotatable bonds is 3. The Kier molecular flexibility index (Phi) is 5.43. The Morgan fingerprint density at radius 3 is 2.50 bits per heavy atom. The molecule has 4 rings (SSSR count). The first-order valence-corrected chi connectivity index (χ1v) is 10.3. The zero-order valence-electron chi connectivity index (χ0n) is 16.4. The lowest BCUT2D eigenvalue weighted by Gasteiger charge is -2.38. The van der Waals surface area contributed by atoms with Crippen molar-refractivity contribution < 1.29 is 22.7 Å². The molecule has 1 aliphatic heterocycles. The van der Waals surface area contributed by atoms with Crippen molar-refractivity contribution >= 4 is 23.2 Å². The Labute approximate surface area is 177 Å². The van der Waals surface area contributed by atoms with Gasteiger partial charge >= 0.3 is 6.18 Å². The van der Waals surface area contributed by atoms with E-state index in [1.54, 1.807) is 24.3 Å². The normalized spacial score (nSPS) is 24.2. The molecule has 8 heteroatoms. The molecule has 1 atom stereocenters. The molecule has 1 amide bonds. The predicted molar refractivity (Wildman–Crippen MR) is 108 cm³/mol. The number of hydrogen-bond acceptors (Lipinski definition) is 3. The van der Waals surface area contributed by atoms with Gasteiger partial charge in [0.2, 0.25) is 11.8 Å². The van der Waals surface area contributed by atoms with Crippen molar-refractivity contribution in [2.24, 2.45) is 11.8 Å². The molecule has 1 aromatic heterocycles. The topological polar surface area (TPSA) is 51.2 Å². The summed E-state index contributed by atoms with van der Waals surface area (Å²) < 4.78 is 44.3. The maximum atomic E-state index is 12.9. The summed E-state index contributed by atoms with van der Waals surface area (Å²) in [5.41, 5.74) is 0.217. The average Bonchev–Trinajstić information content (AvgIpc) is 3.07. The maximum absolute atomic E-state index is 12.9. The number of fused-ring (bicyclic) bond motifs is 2. The molecular weight excluding hydrogens is 417 g/mol. The number of amides is 1. The van der Waals surface area contributed by atoms with Crippen LogP contribution in [0.25, 0.3) is 0 Å². The summed E-state index contributed by atoms with van der Waals surface area (Å²) in [5, 5.41) is 3.53. The first kappa shape index (κ1) is 21.0. The van der Waals surface area contributed by atoms with Crippen LogP contribution in [0.5, 0.6) is 5.88 Å². The fourth-order valence-electron chi connectivity index (χ4n) is 4.51. The summed E-state index contributed by atoms with van der Waals surface area (Å²) in [6.45, 7) is 2.26. The molecule has 1 aromatic carbocycles. The van der Waals surface area contributed by atoms with E-state index >= 15 is 0 Å². The van der Waals surface area contributed by atoms with E-state index in [2.05, 4.69) is 10.3 Å². The molecule has 0 saturated heterocycles. The minimum atomic E-state index is -4.49. The average molecular weight is 439 g/mol. The number of pyridine rings is 1. The van der Waals surface area contributed by atoms with Gasteiger partial charge in [-0.25, -0.2) is 4.98 Å². The zero-order valence-corrected chi connectivity index (χ0v) is 17.2. The Balaban J connectivity index is 1.41. The van der Waals surface area contributed by atoms with E-state index < -0.39 is 11.9 Å². The molecule has 2 heterocycles. The summed E-state index contributed by atoms with van der Waals surface area (Å²) in [5.74, 6) is 0.0783. The van der Waals surface area contributed by atoms with Crippen LogP contribution in [0, 0.1) is 11.8 Å². The number of carbonyl (C=O) groups is 1. The highest BCUT2D eigenvalue weighted by Crippen LogP contribution is 2.50. The third-order valence-corrected chi connectivity index (χ3v) is 6.68. The van der Waals surface area contributed by atoms with Gasteiger partial charge in [-0.3, -0.25) is 4.79 Å². The molecule has 1 saturated carbocycles. The van der Waals surface area contributed by atoms with E-state index in [0.717, 1.165) is 37.3 Å². The van der Waals surface area contributed by atoms with Crippen LogP contribution in [0.2, 0.25) is 5.02 Å². The van der Waals surface area contributed by atoms with E-state index in [1.807, 2.05) is 6.92 Å². The fraction of sp³-hybridized carbons (Fsp3) is 0.455. The highest BCUT2D eigenvalue weighted by molar-refractivity contribution is 6.30. The van der Waals surface area contributed by atoms with Gasteiger partial charge in [0.05, 0.1) is 6.61 Å². The van der Waals surface area contributed by atoms with Crippen LogP contribution in [0.1, 0.15) is 43.9 Å². The summed E-state index contributed by atoms with van der Waals surface area (Å²) in [6, 6.07) is 9.51. The van der Waals surface area contributed by atoms with Crippen molar-refractivity contribution in [2.45, 2.75) is 44.2 Å². The number of carbonyl (C=O) groups excluding carboxylic acids is 1. The number of nitrogens with one attached hydrogen (secondary N) is 1. The molecular formula is C22H22ClF3N2O2. The number of ether oxygens (including phenoxy) is 1. The van der Waals surface area contributed by atoms with E-state index in [-0.39, 0.29) is 29.0 Å². The minimum absolute atomic E-state index is 0.0437. The SMILES string of the molecule is C[C@H](C(=O)Nc1ccc(Cl)cc1)[C@H]1CC[C@@]2(CC1)COc1nc(C(F)(F)F)ccc12. The molecule has 160 valence electrons. The molecule has 0 unspecified atom stereocenters. The number of hydrogen-bond donors (Lipinski definition) is 1. The van der Waals surface area contributed by atoms with E-state index in [0.29, 0.717) is 17.3 Å². The molecule has 2 aliphatic rings. The van der Waals surface area contributed by atoms with Crippen LogP contribution in [-0.2, 0) is 16.4 Å². The van der Waals surface area contributed by atoms with Gasteiger partial charge < -0.3 is 10.1 Å². The van der Waals surface area contributed by atoms with Crippen molar-refractivity contribution in [1.82, 2.24) is 4.98 Å². The predicted octanol–water partition coefficient (Wildman–Crippen LogP) is 5.85. The van der Waals surface area contributed by atoms with E-state index in [9.17, 15) is 18.0 Å². The summed E-state index contributed by atoms with van der Waals surface area (Å²) in [4.78, 5) is 16.3. The van der Waals surface area contributed by atoms with Gasteiger partial charge in [-0.05, 0) is 61.9 Å². The second-order valence-electron chi connectivity index (χ2n) is 8.24. The quantitative estimate of drug-likeness (QED) is 0.654. The third-order valence-electron chi connectivity index (χ3n) is 6.43. The van der Waals surface area contributed by atoms with Crippen LogP contribution in [0.3, 0.4) is 0 Å². The number of nitrogens with zero attached hydrogens (tertiary/aromatic N) is 1. The Hall–Kier alpha value is -2.28. The molecule has 1 N–H and O–H groups in total. The van der Waals surface area contributed by atoms with Crippen molar-refractivity contribution in [1.29, 1.82) is 0 Å². The minimum Gasteiger partial charge on any atom is -0.476 e. The Bertz CT molecular complexity index is 938. The highest BCUT2D eigenvalue weighted by atomic mass is 35.5. The molecule has 1 fully saturated rings. The van der Waals surface area contributed by atoms with Gasteiger partial charge in [-0.2, -0.15) is 13.2 Å². The van der Waals surface area contributed by atoms with Crippen molar-refractivity contribution in [2.75, 3.05) is 11.9 Å². The van der Waals surface area contributed by atoms with E-state index in [4.69, 9.17) is 16.3 Å². The third kappa shape index (κ3) is 4.00. The smallest absolute Gasteiger partial charge is 0.433 e. The van der Waals surface area contributed by atoms with Crippen LogP contribution < -0.4 is 10.1 Å². The van der Waals surface area contributed by atoms with Crippen LogP contribution in [0.15, 0.2) is 36.4 Å². The van der Waals surface area contributed by atoms with Crippen LogP contribution in [0.4, 0.5) is 18.9 Å². The Morgan fingerprint density at radius 2 is 1.87 bits per heavy atom. The van der Waals surface area contributed by atoms with Gasteiger partial charge in [0.15, 0.2) is 0 Å². The summed E-state index contributed by atoms with van der Waals surface area (Å²) in [7, 11) is 0. The van der Waals surface area contributed by atoms with Gasteiger partial charge in [0.25, 0.3) is 0 Å². The lowest BCUT2D eigenvalue weighted by molar-refractivity contribution is -0.141. The van der Waals surface area contributed by atoms with Crippen LogP contribution >= 0.6 is 11.6 Å². The summed E-state index contributed by atoms with van der Waals surface area (Å²) >= 11 is 5.88. The van der Waals surface area contributed by atoms with Gasteiger partial charge in [0, 0.05) is 27.6 Å². The lowest BCUT2D eigenvalue weighted by atomic mass is 9.66. The standard InChI is InChI=1S/C22H22ClF3N2O2/c1-13(19(29)27-16-4-2-15(23)3-5-16)14-8-10-21(11-9-14)12-30-20-17(21)6-7-18(28-20)22(24,25)26/h2-7,13-14H,8-12H2,1H3,(H,27,29)/t13-,14-,21+/m0/s1. The van der Waals surface area contributed by atoms with Gasteiger partial charge in [-0.15, -0.1) is 0 Å².